The number of aromatic nitrogens is 2. The first-order valence-electron chi connectivity index (χ1n) is 7.49. The largest absolute Gasteiger partial charge is 0.478 e. The Balaban J connectivity index is 1.97. The van der Waals surface area contributed by atoms with Crippen LogP contribution in [0.1, 0.15) is 32.9 Å². The first-order chi connectivity index (χ1) is 11.1. The molecule has 1 aromatic carbocycles. The minimum absolute atomic E-state index is 0.315. The summed E-state index contributed by atoms with van der Waals surface area (Å²) in [4.78, 5) is 16.0. The minimum atomic E-state index is -0.916. The molecule has 0 unspecified atom stereocenters. The molecule has 2 aromatic heterocycles. The molecule has 116 valence electrons. The van der Waals surface area contributed by atoms with Gasteiger partial charge in [0, 0.05) is 11.9 Å². The van der Waals surface area contributed by atoms with Crippen LogP contribution in [0.5, 0.6) is 0 Å². The maximum absolute atomic E-state index is 11.6. The highest BCUT2D eigenvalue weighted by atomic mass is 16.4. The number of nitrogens with zero attached hydrogens (tertiary/aromatic N) is 2. The van der Waals surface area contributed by atoms with Gasteiger partial charge in [-0.15, -0.1) is 0 Å². The maximum Gasteiger partial charge on any atom is 0.337 e. The van der Waals surface area contributed by atoms with Crippen LogP contribution in [0.25, 0.3) is 11.7 Å². The van der Waals surface area contributed by atoms with Crippen LogP contribution in [0.4, 0.5) is 0 Å². The van der Waals surface area contributed by atoms with Crippen LogP contribution < -0.4 is 0 Å². The molecule has 0 atom stereocenters. The van der Waals surface area contributed by atoms with Gasteiger partial charge in [-0.2, -0.15) is 0 Å². The van der Waals surface area contributed by atoms with E-state index in [2.05, 4.69) is 4.98 Å². The zero-order valence-electron chi connectivity index (χ0n) is 13.2. The van der Waals surface area contributed by atoms with E-state index in [1.807, 2.05) is 66.8 Å². The second-order valence-corrected chi connectivity index (χ2v) is 5.55. The van der Waals surface area contributed by atoms with Crippen molar-refractivity contribution in [3.63, 3.8) is 0 Å². The van der Waals surface area contributed by atoms with Crippen LogP contribution in [-0.2, 0) is 6.42 Å². The number of hydrogen-bond donors (Lipinski definition) is 1. The highest BCUT2D eigenvalue weighted by molar-refractivity contribution is 5.89. The monoisotopic (exact) mass is 306 g/mol. The molecular weight excluding hydrogens is 288 g/mol. The van der Waals surface area contributed by atoms with Crippen molar-refractivity contribution >= 4 is 17.7 Å². The normalized spacial score (nSPS) is 11.4. The molecular formula is C19H18N2O2. The van der Waals surface area contributed by atoms with E-state index in [4.69, 9.17) is 0 Å². The summed E-state index contributed by atoms with van der Waals surface area (Å²) in [6, 6.07) is 11.8. The Hall–Kier alpha value is -2.88. The van der Waals surface area contributed by atoms with Crippen molar-refractivity contribution in [2.24, 2.45) is 0 Å². The zero-order valence-corrected chi connectivity index (χ0v) is 13.2. The Bertz CT molecular complexity index is 893. The average molecular weight is 306 g/mol. The second kappa shape index (κ2) is 6.08. The Kier molecular flexibility index (Phi) is 3.98. The topological polar surface area (TPSA) is 54.6 Å². The van der Waals surface area contributed by atoms with Crippen LogP contribution in [0.15, 0.2) is 48.7 Å². The van der Waals surface area contributed by atoms with Crippen molar-refractivity contribution in [3.05, 3.63) is 76.7 Å². The molecule has 0 saturated carbocycles. The van der Waals surface area contributed by atoms with Gasteiger partial charge in [-0.25, -0.2) is 9.78 Å². The Morgan fingerprint density at radius 2 is 2.00 bits per heavy atom. The molecule has 4 nitrogen and oxygen atoms in total. The molecule has 0 aliphatic rings. The number of benzene rings is 1. The fourth-order valence-electron chi connectivity index (χ4n) is 2.61. The lowest BCUT2D eigenvalue weighted by atomic mass is 10.1. The summed E-state index contributed by atoms with van der Waals surface area (Å²) in [5, 5.41) is 9.48. The molecule has 0 amide bonds. The lowest BCUT2D eigenvalue weighted by Gasteiger charge is -2.06. The quantitative estimate of drug-likeness (QED) is 0.795. The molecule has 4 heteroatoms. The van der Waals surface area contributed by atoms with Gasteiger partial charge in [0.2, 0.25) is 0 Å². The number of aromatic carboxylic acids is 1. The summed E-state index contributed by atoms with van der Waals surface area (Å²) >= 11 is 0. The van der Waals surface area contributed by atoms with Gasteiger partial charge in [-0.3, -0.25) is 0 Å². The molecule has 1 N–H and O–H groups in total. The lowest BCUT2D eigenvalue weighted by Crippen LogP contribution is -2.05. The third-order valence-corrected chi connectivity index (χ3v) is 4.00. The number of aryl methyl sites for hydroxylation is 2. The van der Waals surface area contributed by atoms with Crippen LogP contribution in [0, 0.1) is 13.8 Å². The van der Waals surface area contributed by atoms with Crippen molar-refractivity contribution in [2.45, 2.75) is 20.3 Å². The Labute approximate surface area is 134 Å². The Morgan fingerprint density at radius 3 is 2.70 bits per heavy atom. The third kappa shape index (κ3) is 3.01. The predicted molar refractivity (Wildman–Crippen MR) is 90.8 cm³/mol. The highest BCUT2D eigenvalue weighted by Gasteiger charge is 2.13. The highest BCUT2D eigenvalue weighted by Crippen LogP contribution is 2.18. The molecule has 0 aliphatic heterocycles. The van der Waals surface area contributed by atoms with E-state index < -0.39 is 5.97 Å². The molecule has 0 spiro atoms. The van der Waals surface area contributed by atoms with E-state index in [1.165, 1.54) is 0 Å². The van der Waals surface area contributed by atoms with Crippen molar-refractivity contribution in [2.75, 3.05) is 0 Å². The fourth-order valence-corrected chi connectivity index (χ4v) is 2.61. The van der Waals surface area contributed by atoms with E-state index in [-0.39, 0.29) is 0 Å². The first kappa shape index (κ1) is 15.0. The number of fused-ring (bicyclic) bond motifs is 1. The smallest absolute Gasteiger partial charge is 0.337 e. The van der Waals surface area contributed by atoms with Gasteiger partial charge in [-0.1, -0.05) is 42.5 Å². The molecule has 0 bridgehead atoms. The van der Waals surface area contributed by atoms with Gasteiger partial charge >= 0.3 is 5.97 Å². The van der Waals surface area contributed by atoms with Gasteiger partial charge in [-0.05, 0) is 37.5 Å². The predicted octanol–water partition coefficient (Wildman–Crippen LogP) is 3.91. The van der Waals surface area contributed by atoms with Crippen molar-refractivity contribution in [3.8, 4) is 0 Å². The maximum atomic E-state index is 11.6. The van der Waals surface area contributed by atoms with Gasteiger partial charge in [0.05, 0.1) is 11.3 Å². The fraction of sp³-hybridized carbons (Fsp3) is 0.158. The van der Waals surface area contributed by atoms with Crippen LogP contribution in [-0.4, -0.2) is 20.5 Å². The summed E-state index contributed by atoms with van der Waals surface area (Å²) in [5.41, 5.74) is 4.84. The first-order valence-corrected chi connectivity index (χ1v) is 7.49. The number of imidazole rings is 1. The van der Waals surface area contributed by atoms with E-state index in [9.17, 15) is 9.90 Å². The number of carbonyl (C=O) groups is 1. The van der Waals surface area contributed by atoms with Gasteiger partial charge in [0.15, 0.2) is 0 Å². The molecule has 0 radical (unpaired) electrons. The molecule has 0 fully saturated rings. The van der Waals surface area contributed by atoms with Crippen molar-refractivity contribution in [1.29, 1.82) is 0 Å². The van der Waals surface area contributed by atoms with Crippen LogP contribution in [0.2, 0.25) is 0 Å². The molecule has 3 rings (SSSR count). The van der Waals surface area contributed by atoms with E-state index in [0.717, 1.165) is 28.2 Å². The molecule has 3 aromatic rings. The number of pyridine rings is 1. The van der Waals surface area contributed by atoms with E-state index in [1.54, 1.807) is 6.20 Å². The van der Waals surface area contributed by atoms with Crippen LogP contribution in [0.3, 0.4) is 0 Å². The van der Waals surface area contributed by atoms with Gasteiger partial charge in [0.25, 0.3) is 0 Å². The lowest BCUT2D eigenvalue weighted by molar-refractivity contribution is 0.0695. The summed E-state index contributed by atoms with van der Waals surface area (Å²) in [7, 11) is 0. The SMILES string of the molecule is Cc1nc2cc(C/C=C/c3ccccc3)c(C(=O)O)cn2c1C. The standard InChI is InChI=1S/C19H18N2O2/c1-13-14(2)21-12-17(19(22)23)16(11-18(21)20-13)10-6-9-15-7-4-3-5-8-15/h3-9,11-12H,10H2,1-2H3,(H,22,23)/b9-6+. The average Bonchev–Trinajstić information content (AvgIpc) is 2.81. The minimum Gasteiger partial charge on any atom is -0.478 e. The summed E-state index contributed by atoms with van der Waals surface area (Å²) in [5.74, 6) is -0.916. The molecule has 0 aliphatic carbocycles. The Morgan fingerprint density at radius 1 is 1.26 bits per heavy atom. The van der Waals surface area contributed by atoms with Gasteiger partial charge < -0.3 is 9.51 Å². The van der Waals surface area contributed by atoms with Crippen molar-refractivity contribution < 1.29 is 9.90 Å². The number of carboxylic acids is 1. The van der Waals surface area contributed by atoms with Crippen LogP contribution >= 0.6 is 0 Å². The second-order valence-electron chi connectivity index (χ2n) is 5.55. The number of hydrogen-bond acceptors (Lipinski definition) is 2. The number of carboxylic acid groups (broad SMARTS) is 1. The van der Waals surface area contributed by atoms with Gasteiger partial charge in [0.1, 0.15) is 5.65 Å². The summed E-state index contributed by atoms with van der Waals surface area (Å²) < 4.78 is 1.84. The zero-order chi connectivity index (χ0) is 16.4. The van der Waals surface area contributed by atoms with E-state index in [0.29, 0.717) is 12.0 Å². The number of rotatable bonds is 4. The molecule has 0 saturated heterocycles. The third-order valence-electron chi connectivity index (χ3n) is 4.00. The molecule has 23 heavy (non-hydrogen) atoms. The summed E-state index contributed by atoms with van der Waals surface area (Å²) in [6.07, 6.45) is 6.20. The molecule has 2 heterocycles. The summed E-state index contributed by atoms with van der Waals surface area (Å²) in [6.45, 7) is 3.87. The number of allylic oxidation sites excluding steroid dienone is 1. The van der Waals surface area contributed by atoms with Crippen molar-refractivity contribution in [1.82, 2.24) is 9.38 Å². The van der Waals surface area contributed by atoms with E-state index >= 15 is 0 Å².